The van der Waals surface area contributed by atoms with E-state index in [-0.39, 0.29) is 6.10 Å². The summed E-state index contributed by atoms with van der Waals surface area (Å²) in [4.78, 5) is 11.3. The first kappa shape index (κ1) is 11.4. The van der Waals surface area contributed by atoms with Gasteiger partial charge in [-0.25, -0.2) is 0 Å². The molecule has 16 heavy (non-hydrogen) atoms. The maximum Gasteiger partial charge on any atom is 0.252 e. The van der Waals surface area contributed by atoms with Crippen molar-refractivity contribution in [2.24, 2.45) is 5.73 Å². The molecule has 1 saturated heterocycles. The molecule has 2 rings (SSSR count). The lowest BCUT2D eigenvalue weighted by Crippen LogP contribution is -2.22. The van der Waals surface area contributed by atoms with E-state index in [1.165, 1.54) is 0 Å². The van der Waals surface area contributed by atoms with Crippen LogP contribution >= 0.6 is 15.9 Å². The molecule has 0 saturated carbocycles. The molecule has 1 aromatic carbocycles. The van der Waals surface area contributed by atoms with Crippen molar-refractivity contribution in [3.8, 4) is 5.75 Å². The lowest BCUT2D eigenvalue weighted by molar-refractivity contribution is 0.0993. The Labute approximate surface area is 102 Å². The second-order valence-corrected chi connectivity index (χ2v) is 4.65. The van der Waals surface area contributed by atoms with Gasteiger partial charge in [-0.3, -0.25) is 4.79 Å². The van der Waals surface area contributed by atoms with Gasteiger partial charge in [-0.05, 0) is 31.2 Å². The van der Waals surface area contributed by atoms with E-state index >= 15 is 0 Å². The van der Waals surface area contributed by atoms with Gasteiger partial charge in [0, 0.05) is 11.0 Å². The summed E-state index contributed by atoms with van der Waals surface area (Å²) in [5.74, 6) is 0.0895. The minimum atomic E-state index is -0.470. The molecule has 1 unspecified atom stereocenters. The lowest BCUT2D eigenvalue weighted by atomic mass is 10.2. The summed E-state index contributed by atoms with van der Waals surface area (Å²) in [7, 11) is 0. The molecule has 4 nitrogen and oxygen atoms in total. The zero-order valence-corrected chi connectivity index (χ0v) is 10.3. The van der Waals surface area contributed by atoms with Crippen molar-refractivity contribution in [1.82, 2.24) is 5.32 Å². The highest BCUT2D eigenvalue weighted by molar-refractivity contribution is 9.10. The van der Waals surface area contributed by atoms with Gasteiger partial charge in [0.1, 0.15) is 11.9 Å². The zero-order valence-electron chi connectivity index (χ0n) is 8.70. The first-order chi connectivity index (χ1) is 7.66. The molecule has 1 fully saturated rings. The molecule has 1 aliphatic rings. The molecule has 0 radical (unpaired) electrons. The normalized spacial score (nSPS) is 19.7. The molecule has 0 aromatic heterocycles. The third kappa shape index (κ3) is 2.54. The average molecular weight is 285 g/mol. The molecule has 86 valence electrons. The van der Waals surface area contributed by atoms with Gasteiger partial charge in [0.2, 0.25) is 0 Å². The molecule has 1 heterocycles. The van der Waals surface area contributed by atoms with E-state index in [0.29, 0.717) is 11.3 Å². The van der Waals surface area contributed by atoms with Crippen LogP contribution in [0.5, 0.6) is 5.75 Å². The van der Waals surface area contributed by atoms with Crippen LogP contribution in [0.15, 0.2) is 22.7 Å². The number of nitrogens with two attached hydrogens (primary N) is 1. The Kier molecular flexibility index (Phi) is 3.46. The van der Waals surface area contributed by atoms with Crippen LogP contribution in [0.25, 0.3) is 0 Å². The van der Waals surface area contributed by atoms with Gasteiger partial charge in [0.05, 0.1) is 5.56 Å². The van der Waals surface area contributed by atoms with Gasteiger partial charge in [-0.1, -0.05) is 15.9 Å². The molecular formula is C11H13BrN2O2. The highest BCUT2D eigenvalue weighted by atomic mass is 79.9. The molecule has 1 aromatic rings. The average Bonchev–Trinajstić information content (AvgIpc) is 2.73. The first-order valence-corrected chi connectivity index (χ1v) is 5.93. The van der Waals surface area contributed by atoms with E-state index in [0.717, 1.165) is 24.0 Å². The number of hydrogen-bond acceptors (Lipinski definition) is 3. The molecule has 5 heteroatoms. The fraction of sp³-hybridized carbons (Fsp3) is 0.364. The summed E-state index contributed by atoms with van der Waals surface area (Å²) >= 11 is 3.30. The number of halogens is 1. The second kappa shape index (κ2) is 4.84. The summed E-state index contributed by atoms with van der Waals surface area (Å²) in [5, 5.41) is 3.20. The Morgan fingerprint density at radius 1 is 1.56 bits per heavy atom. The smallest absolute Gasteiger partial charge is 0.252 e. The van der Waals surface area contributed by atoms with Crippen molar-refractivity contribution in [3.63, 3.8) is 0 Å². The molecular weight excluding hydrogens is 272 g/mol. The molecule has 0 spiro atoms. The fourth-order valence-corrected chi connectivity index (χ4v) is 2.07. The highest BCUT2D eigenvalue weighted by Crippen LogP contribution is 2.24. The summed E-state index contributed by atoms with van der Waals surface area (Å²) < 4.78 is 6.56. The second-order valence-electron chi connectivity index (χ2n) is 3.74. The van der Waals surface area contributed by atoms with Crippen LogP contribution < -0.4 is 15.8 Å². The molecule has 0 aliphatic carbocycles. The van der Waals surface area contributed by atoms with Crippen molar-refractivity contribution in [1.29, 1.82) is 0 Å². The van der Waals surface area contributed by atoms with Crippen molar-refractivity contribution in [3.05, 3.63) is 28.2 Å². The van der Waals surface area contributed by atoms with Crippen molar-refractivity contribution >= 4 is 21.8 Å². The third-order valence-corrected chi connectivity index (χ3v) is 3.01. The van der Waals surface area contributed by atoms with Gasteiger partial charge in [0.15, 0.2) is 0 Å². The van der Waals surface area contributed by atoms with Crippen molar-refractivity contribution in [2.75, 3.05) is 13.1 Å². The monoisotopic (exact) mass is 284 g/mol. The van der Waals surface area contributed by atoms with Gasteiger partial charge in [0.25, 0.3) is 5.91 Å². The Balaban J connectivity index is 2.21. The minimum absolute atomic E-state index is 0.124. The van der Waals surface area contributed by atoms with E-state index in [4.69, 9.17) is 10.5 Å². The minimum Gasteiger partial charge on any atom is -0.488 e. The summed E-state index contributed by atoms with van der Waals surface area (Å²) in [6.45, 7) is 1.77. The van der Waals surface area contributed by atoms with Crippen LogP contribution in [0, 0.1) is 0 Å². The number of ether oxygens (including phenoxy) is 1. The number of amides is 1. The zero-order chi connectivity index (χ0) is 11.5. The summed E-state index contributed by atoms with van der Waals surface area (Å²) in [6.07, 6.45) is 1.08. The number of carbonyl (C=O) groups excluding carboxylic acids is 1. The number of nitrogens with one attached hydrogen (secondary N) is 1. The molecule has 1 atom stereocenters. The van der Waals surface area contributed by atoms with Gasteiger partial charge in [-0.15, -0.1) is 0 Å². The summed E-state index contributed by atoms with van der Waals surface area (Å²) in [5.41, 5.74) is 5.72. The number of hydrogen-bond donors (Lipinski definition) is 2. The van der Waals surface area contributed by atoms with Crippen LogP contribution in [0.4, 0.5) is 0 Å². The van der Waals surface area contributed by atoms with Crippen LogP contribution in [-0.4, -0.2) is 25.1 Å². The van der Waals surface area contributed by atoms with E-state index in [1.807, 2.05) is 6.07 Å². The Morgan fingerprint density at radius 3 is 3.00 bits per heavy atom. The molecule has 1 amide bonds. The number of rotatable bonds is 3. The standard InChI is InChI=1S/C11H13BrN2O2/c12-7-1-2-10(9(5-7)11(13)15)16-8-3-4-14-6-8/h1-2,5,8,14H,3-4,6H2,(H2,13,15). The topological polar surface area (TPSA) is 64.4 Å². The van der Waals surface area contributed by atoms with Crippen molar-refractivity contribution < 1.29 is 9.53 Å². The van der Waals surface area contributed by atoms with E-state index in [1.54, 1.807) is 12.1 Å². The molecule has 3 N–H and O–H groups in total. The lowest BCUT2D eigenvalue weighted by Gasteiger charge is -2.14. The largest absolute Gasteiger partial charge is 0.488 e. The Bertz CT molecular complexity index is 403. The Hall–Kier alpha value is -1.07. The van der Waals surface area contributed by atoms with Gasteiger partial charge >= 0.3 is 0 Å². The molecule has 0 bridgehead atoms. The SMILES string of the molecule is NC(=O)c1cc(Br)ccc1OC1CCNC1. The fourth-order valence-electron chi connectivity index (χ4n) is 1.71. The van der Waals surface area contributed by atoms with E-state index < -0.39 is 5.91 Å². The third-order valence-electron chi connectivity index (χ3n) is 2.52. The highest BCUT2D eigenvalue weighted by Gasteiger charge is 2.18. The van der Waals surface area contributed by atoms with Crippen LogP contribution in [0.1, 0.15) is 16.8 Å². The maximum atomic E-state index is 11.3. The summed E-state index contributed by atoms with van der Waals surface area (Å²) in [6, 6.07) is 5.28. The van der Waals surface area contributed by atoms with E-state index in [2.05, 4.69) is 21.2 Å². The van der Waals surface area contributed by atoms with Crippen molar-refractivity contribution in [2.45, 2.75) is 12.5 Å². The van der Waals surface area contributed by atoms with Crippen LogP contribution in [0.3, 0.4) is 0 Å². The predicted molar refractivity (Wildman–Crippen MR) is 64.6 cm³/mol. The van der Waals surface area contributed by atoms with Gasteiger partial charge < -0.3 is 15.8 Å². The molecule has 1 aliphatic heterocycles. The first-order valence-electron chi connectivity index (χ1n) is 5.13. The van der Waals surface area contributed by atoms with E-state index in [9.17, 15) is 4.79 Å². The number of benzene rings is 1. The number of primary amides is 1. The van der Waals surface area contributed by atoms with Crippen LogP contribution in [0.2, 0.25) is 0 Å². The quantitative estimate of drug-likeness (QED) is 0.879. The van der Waals surface area contributed by atoms with Gasteiger partial charge in [-0.2, -0.15) is 0 Å². The van der Waals surface area contributed by atoms with Crippen LogP contribution in [-0.2, 0) is 0 Å². The predicted octanol–water partition coefficient (Wildman–Crippen LogP) is 1.29. The Morgan fingerprint density at radius 2 is 2.38 bits per heavy atom. The number of carbonyl (C=O) groups is 1. The maximum absolute atomic E-state index is 11.3.